The van der Waals surface area contributed by atoms with Crippen LogP contribution in [0, 0.1) is 23.7 Å². The first kappa shape index (κ1) is 14.0. The summed E-state index contributed by atoms with van der Waals surface area (Å²) in [5.41, 5.74) is 0. The number of nitrogens with one attached hydrogen (secondary N) is 1. The van der Waals surface area contributed by atoms with Gasteiger partial charge in [-0.15, -0.1) is 0 Å². The van der Waals surface area contributed by atoms with Gasteiger partial charge in [-0.25, -0.2) is 0 Å². The summed E-state index contributed by atoms with van der Waals surface area (Å²) in [6, 6.07) is 0.214. The number of carbonyl (C=O) groups is 3. The van der Waals surface area contributed by atoms with Crippen molar-refractivity contribution >= 4 is 17.7 Å². The quantitative estimate of drug-likeness (QED) is 0.630. The summed E-state index contributed by atoms with van der Waals surface area (Å²) >= 11 is 0. The molecular weight excluding hydrogens is 280 g/mol. The van der Waals surface area contributed by atoms with Crippen LogP contribution >= 0.6 is 0 Å². The van der Waals surface area contributed by atoms with E-state index >= 15 is 0 Å². The monoisotopic (exact) mass is 302 g/mol. The summed E-state index contributed by atoms with van der Waals surface area (Å²) in [6.45, 7) is -0.0966. The second-order valence-electron chi connectivity index (χ2n) is 7.16. The Bertz CT molecular complexity index is 520. The molecule has 1 aliphatic heterocycles. The average molecular weight is 302 g/mol. The summed E-state index contributed by atoms with van der Waals surface area (Å²) in [7, 11) is 0. The third-order valence-corrected chi connectivity index (χ3v) is 5.83. The molecule has 0 radical (unpaired) electrons. The zero-order valence-electron chi connectivity index (χ0n) is 12.7. The third-order valence-electron chi connectivity index (χ3n) is 5.83. The van der Waals surface area contributed by atoms with Crippen LogP contribution in [0.3, 0.4) is 0 Å². The lowest BCUT2D eigenvalue weighted by molar-refractivity contribution is -0.144. The molecule has 2 saturated carbocycles. The number of imide groups is 1. The standard InChI is InChI=1S/C17H22N2O3/c20-13(18-12-4-2-1-3-5-12)9-19-16(21)14-10-6-7-11(8-10)15(14)17(19)22/h6-7,10-12,14-15H,1-5,8-9H2,(H,18,20)/t10-,11-,14-,15+/m0/s1. The highest BCUT2D eigenvalue weighted by Crippen LogP contribution is 2.52. The van der Waals surface area contributed by atoms with Crippen LogP contribution in [0.25, 0.3) is 0 Å². The van der Waals surface area contributed by atoms with Crippen LogP contribution in [0.2, 0.25) is 0 Å². The Kier molecular flexibility index (Phi) is 3.31. The summed E-state index contributed by atoms with van der Waals surface area (Å²) < 4.78 is 0. The normalized spacial score (nSPS) is 37.0. The average Bonchev–Trinajstić information content (AvgIpc) is 3.18. The molecule has 3 fully saturated rings. The number of amides is 3. The smallest absolute Gasteiger partial charge is 0.240 e. The zero-order chi connectivity index (χ0) is 15.3. The van der Waals surface area contributed by atoms with Crippen molar-refractivity contribution in [3.05, 3.63) is 12.2 Å². The van der Waals surface area contributed by atoms with Gasteiger partial charge < -0.3 is 5.32 Å². The van der Waals surface area contributed by atoms with Gasteiger partial charge in [0.25, 0.3) is 0 Å². The molecule has 4 rings (SSSR count). The Balaban J connectivity index is 1.40. The molecule has 118 valence electrons. The van der Waals surface area contributed by atoms with E-state index in [1.165, 1.54) is 11.3 Å². The van der Waals surface area contributed by atoms with Gasteiger partial charge >= 0.3 is 0 Å². The zero-order valence-corrected chi connectivity index (χ0v) is 12.7. The van der Waals surface area contributed by atoms with E-state index in [-0.39, 0.29) is 54.0 Å². The molecule has 0 spiro atoms. The lowest BCUT2D eigenvalue weighted by atomic mass is 9.85. The number of carbonyl (C=O) groups excluding carboxylic acids is 3. The fourth-order valence-corrected chi connectivity index (χ4v) is 4.78. The highest BCUT2D eigenvalue weighted by molar-refractivity contribution is 6.08. The Morgan fingerprint density at radius 1 is 1.05 bits per heavy atom. The molecule has 5 heteroatoms. The fourth-order valence-electron chi connectivity index (χ4n) is 4.78. The molecule has 3 aliphatic carbocycles. The summed E-state index contributed by atoms with van der Waals surface area (Å²) in [5, 5.41) is 2.99. The third kappa shape index (κ3) is 2.09. The second-order valence-corrected chi connectivity index (χ2v) is 7.16. The second kappa shape index (κ2) is 5.21. The molecule has 4 aliphatic rings. The van der Waals surface area contributed by atoms with Crippen molar-refractivity contribution in [3.8, 4) is 0 Å². The van der Waals surface area contributed by atoms with Crippen LogP contribution in [0.15, 0.2) is 12.2 Å². The molecule has 1 N–H and O–H groups in total. The maximum absolute atomic E-state index is 12.5. The van der Waals surface area contributed by atoms with E-state index in [0.29, 0.717) is 0 Å². The van der Waals surface area contributed by atoms with E-state index in [1.807, 2.05) is 0 Å². The molecule has 0 unspecified atom stereocenters. The number of fused-ring (bicyclic) bond motifs is 5. The van der Waals surface area contributed by atoms with Crippen molar-refractivity contribution < 1.29 is 14.4 Å². The number of rotatable bonds is 3. The number of hydrogen-bond donors (Lipinski definition) is 1. The van der Waals surface area contributed by atoms with Crippen molar-refractivity contribution in [2.45, 2.75) is 44.6 Å². The molecule has 2 bridgehead atoms. The molecule has 1 saturated heterocycles. The maximum Gasteiger partial charge on any atom is 0.240 e. The lowest BCUT2D eigenvalue weighted by Crippen LogP contribution is -2.45. The molecule has 0 aromatic rings. The number of likely N-dealkylation sites (tertiary alicyclic amines) is 1. The molecule has 0 aromatic carbocycles. The summed E-state index contributed by atoms with van der Waals surface area (Å²) in [5.74, 6) is -0.448. The first-order chi connectivity index (χ1) is 10.6. The molecule has 4 atom stereocenters. The molecule has 3 amide bonds. The van der Waals surface area contributed by atoms with E-state index < -0.39 is 0 Å². The van der Waals surface area contributed by atoms with Crippen molar-refractivity contribution in [1.29, 1.82) is 0 Å². The number of nitrogens with zero attached hydrogens (tertiary/aromatic N) is 1. The summed E-state index contributed by atoms with van der Waals surface area (Å²) in [6.07, 6.45) is 10.6. The van der Waals surface area contributed by atoms with E-state index in [2.05, 4.69) is 17.5 Å². The first-order valence-corrected chi connectivity index (χ1v) is 8.48. The Morgan fingerprint density at radius 3 is 2.23 bits per heavy atom. The number of hydrogen-bond acceptors (Lipinski definition) is 3. The minimum absolute atomic E-state index is 0.0966. The van der Waals surface area contributed by atoms with Crippen molar-refractivity contribution in [2.75, 3.05) is 6.54 Å². The van der Waals surface area contributed by atoms with E-state index in [9.17, 15) is 14.4 Å². The predicted octanol–water partition coefficient (Wildman–Crippen LogP) is 1.24. The molecule has 22 heavy (non-hydrogen) atoms. The van der Waals surface area contributed by atoms with Crippen molar-refractivity contribution in [2.24, 2.45) is 23.7 Å². The first-order valence-electron chi connectivity index (χ1n) is 8.48. The van der Waals surface area contributed by atoms with Crippen molar-refractivity contribution in [1.82, 2.24) is 10.2 Å². The molecule has 1 heterocycles. The van der Waals surface area contributed by atoms with Gasteiger partial charge in [0.1, 0.15) is 6.54 Å². The van der Waals surface area contributed by atoms with Gasteiger partial charge in [-0.2, -0.15) is 0 Å². The minimum Gasteiger partial charge on any atom is -0.352 e. The van der Waals surface area contributed by atoms with Gasteiger partial charge in [-0.1, -0.05) is 31.4 Å². The van der Waals surface area contributed by atoms with Crippen LogP contribution in [-0.2, 0) is 14.4 Å². The molecule has 0 aromatic heterocycles. The van der Waals surface area contributed by atoms with Gasteiger partial charge in [0.2, 0.25) is 17.7 Å². The van der Waals surface area contributed by atoms with Gasteiger partial charge in [0, 0.05) is 6.04 Å². The largest absolute Gasteiger partial charge is 0.352 e. The van der Waals surface area contributed by atoms with Gasteiger partial charge in [-0.05, 0) is 31.1 Å². The highest BCUT2D eigenvalue weighted by Gasteiger charge is 2.59. The topological polar surface area (TPSA) is 66.5 Å². The molecule has 5 nitrogen and oxygen atoms in total. The Morgan fingerprint density at radius 2 is 1.64 bits per heavy atom. The highest BCUT2D eigenvalue weighted by atomic mass is 16.2. The Hall–Kier alpha value is -1.65. The minimum atomic E-state index is -0.204. The fraction of sp³-hybridized carbons (Fsp3) is 0.706. The van der Waals surface area contributed by atoms with Crippen LogP contribution in [0.4, 0.5) is 0 Å². The van der Waals surface area contributed by atoms with Crippen LogP contribution in [0.1, 0.15) is 38.5 Å². The maximum atomic E-state index is 12.5. The lowest BCUT2D eigenvalue weighted by Gasteiger charge is -2.24. The van der Waals surface area contributed by atoms with Gasteiger partial charge in [-0.3, -0.25) is 19.3 Å². The van der Waals surface area contributed by atoms with E-state index in [4.69, 9.17) is 0 Å². The van der Waals surface area contributed by atoms with E-state index in [0.717, 1.165) is 32.1 Å². The Labute approximate surface area is 130 Å². The van der Waals surface area contributed by atoms with Crippen LogP contribution in [-0.4, -0.2) is 35.2 Å². The van der Waals surface area contributed by atoms with E-state index in [1.54, 1.807) is 0 Å². The molecular formula is C17H22N2O3. The predicted molar refractivity (Wildman–Crippen MR) is 79.5 cm³/mol. The van der Waals surface area contributed by atoms with Crippen LogP contribution in [0.5, 0.6) is 0 Å². The van der Waals surface area contributed by atoms with Gasteiger partial charge in [0.15, 0.2) is 0 Å². The number of allylic oxidation sites excluding steroid dienone is 2. The van der Waals surface area contributed by atoms with Gasteiger partial charge in [0.05, 0.1) is 11.8 Å². The van der Waals surface area contributed by atoms with Crippen molar-refractivity contribution in [3.63, 3.8) is 0 Å². The summed E-state index contributed by atoms with van der Waals surface area (Å²) in [4.78, 5) is 38.4. The van der Waals surface area contributed by atoms with Crippen LogP contribution < -0.4 is 5.32 Å². The SMILES string of the molecule is O=C(CN1C(=O)[C@@H]2[C@H](C1=O)[C@H]1C=C[C@H]2C1)NC1CCCCC1.